The molecule has 0 radical (unpaired) electrons. The third-order valence-electron chi connectivity index (χ3n) is 2.56. The largest absolute Gasteiger partial charge is 0.396 e. The molecule has 0 aliphatic carbocycles. The number of nitrogens with zero attached hydrogens (tertiary/aromatic N) is 2. The monoisotopic (exact) mass is 210 g/mol. The van der Waals surface area contributed by atoms with Crippen molar-refractivity contribution < 1.29 is 0 Å². The molecule has 4 nitrogen and oxygen atoms in total. The Labute approximate surface area is 92.1 Å². The highest BCUT2D eigenvalue weighted by Gasteiger charge is 2.05. The van der Waals surface area contributed by atoms with Crippen LogP contribution >= 0.6 is 0 Å². The van der Waals surface area contributed by atoms with Crippen molar-refractivity contribution >= 4 is 16.6 Å². The molecule has 3 aromatic rings. The van der Waals surface area contributed by atoms with Crippen molar-refractivity contribution in [2.75, 3.05) is 5.73 Å². The zero-order chi connectivity index (χ0) is 11.0. The smallest absolute Gasteiger partial charge is 0.0880 e. The minimum absolute atomic E-state index is 0.656. The number of anilines is 1. The summed E-state index contributed by atoms with van der Waals surface area (Å²) in [6.07, 6.45) is 3.40. The fraction of sp³-hybridized carbons (Fsp3) is 0. The number of aromatic nitrogens is 3. The van der Waals surface area contributed by atoms with E-state index in [0.717, 1.165) is 22.2 Å². The summed E-state index contributed by atoms with van der Waals surface area (Å²) >= 11 is 0. The van der Waals surface area contributed by atoms with Gasteiger partial charge in [-0.05, 0) is 18.2 Å². The van der Waals surface area contributed by atoms with E-state index in [1.807, 2.05) is 30.3 Å². The molecular formula is C12H10N4. The highest BCUT2D eigenvalue weighted by Crippen LogP contribution is 2.25. The Balaban J connectivity index is 2.23. The minimum atomic E-state index is 0.656. The van der Waals surface area contributed by atoms with E-state index >= 15 is 0 Å². The molecule has 3 N–H and O–H groups in total. The summed E-state index contributed by atoms with van der Waals surface area (Å²) in [6, 6.07) is 9.96. The number of nitrogens with one attached hydrogen (secondary N) is 1. The first-order chi connectivity index (χ1) is 7.84. The molecule has 78 valence electrons. The number of fused-ring (bicyclic) bond motifs is 1. The Kier molecular flexibility index (Phi) is 1.86. The van der Waals surface area contributed by atoms with Gasteiger partial charge in [0.25, 0.3) is 0 Å². The quantitative estimate of drug-likeness (QED) is 0.647. The average molecular weight is 210 g/mol. The van der Waals surface area contributed by atoms with Crippen LogP contribution in [0.15, 0.2) is 42.7 Å². The summed E-state index contributed by atoms with van der Waals surface area (Å²) in [5.74, 6) is 0. The van der Waals surface area contributed by atoms with Crippen LogP contribution < -0.4 is 5.73 Å². The molecule has 0 amide bonds. The molecule has 1 aromatic carbocycles. The third-order valence-corrected chi connectivity index (χ3v) is 2.56. The first-order valence-corrected chi connectivity index (χ1v) is 4.98. The Bertz CT molecular complexity index is 642. The number of pyridine rings is 1. The fourth-order valence-corrected chi connectivity index (χ4v) is 1.76. The molecule has 0 spiro atoms. The molecule has 0 saturated carbocycles. The number of nitrogens with two attached hydrogens (primary N) is 1. The number of H-pyrrole nitrogens is 1. The zero-order valence-corrected chi connectivity index (χ0v) is 8.51. The lowest BCUT2D eigenvalue weighted by molar-refractivity contribution is 1.10. The van der Waals surface area contributed by atoms with Gasteiger partial charge in [0.05, 0.1) is 23.1 Å². The summed E-state index contributed by atoms with van der Waals surface area (Å²) in [6.45, 7) is 0. The van der Waals surface area contributed by atoms with Crippen molar-refractivity contribution in [1.82, 2.24) is 15.2 Å². The van der Waals surface area contributed by atoms with Crippen LogP contribution in [0.5, 0.6) is 0 Å². The topological polar surface area (TPSA) is 67.6 Å². The van der Waals surface area contributed by atoms with Crippen molar-refractivity contribution in [1.29, 1.82) is 0 Å². The Hall–Kier alpha value is -2.36. The third kappa shape index (κ3) is 1.32. The van der Waals surface area contributed by atoms with Gasteiger partial charge < -0.3 is 5.73 Å². The van der Waals surface area contributed by atoms with Crippen LogP contribution in [0.2, 0.25) is 0 Å². The average Bonchev–Trinajstić information content (AvgIpc) is 2.75. The summed E-state index contributed by atoms with van der Waals surface area (Å²) in [5.41, 5.74) is 9.32. The SMILES string of the molecule is Nc1cn[nH]c1-c1ccc2ncccc2c1. The van der Waals surface area contributed by atoms with Crippen molar-refractivity contribution in [3.8, 4) is 11.3 Å². The Morgan fingerprint density at radius 3 is 2.94 bits per heavy atom. The summed E-state index contributed by atoms with van der Waals surface area (Å²) in [5, 5.41) is 7.90. The van der Waals surface area contributed by atoms with E-state index in [4.69, 9.17) is 5.73 Å². The van der Waals surface area contributed by atoms with Gasteiger partial charge in [-0.2, -0.15) is 5.10 Å². The fourth-order valence-electron chi connectivity index (χ4n) is 1.76. The lowest BCUT2D eigenvalue weighted by Crippen LogP contribution is -1.87. The summed E-state index contributed by atoms with van der Waals surface area (Å²) in [7, 11) is 0. The maximum atomic E-state index is 5.81. The van der Waals surface area contributed by atoms with Crippen molar-refractivity contribution in [2.24, 2.45) is 0 Å². The van der Waals surface area contributed by atoms with Gasteiger partial charge in [-0.1, -0.05) is 12.1 Å². The van der Waals surface area contributed by atoms with E-state index in [1.54, 1.807) is 12.4 Å². The van der Waals surface area contributed by atoms with Crippen LogP contribution in [0, 0.1) is 0 Å². The molecule has 0 bridgehead atoms. The highest BCUT2D eigenvalue weighted by atomic mass is 15.1. The molecule has 0 aliphatic rings. The van der Waals surface area contributed by atoms with E-state index < -0.39 is 0 Å². The van der Waals surface area contributed by atoms with Crippen molar-refractivity contribution in [3.63, 3.8) is 0 Å². The van der Waals surface area contributed by atoms with Gasteiger partial charge in [-0.15, -0.1) is 0 Å². The number of aromatic amines is 1. The molecule has 2 aromatic heterocycles. The Morgan fingerprint density at radius 2 is 2.12 bits per heavy atom. The van der Waals surface area contributed by atoms with Crippen LogP contribution in [0.4, 0.5) is 5.69 Å². The lowest BCUT2D eigenvalue weighted by atomic mass is 10.1. The van der Waals surface area contributed by atoms with Crippen LogP contribution in [-0.2, 0) is 0 Å². The second-order valence-corrected chi connectivity index (χ2v) is 3.61. The maximum Gasteiger partial charge on any atom is 0.0880 e. The number of hydrogen-bond acceptors (Lipinski definition) is 3. The zero-order valence-electron chi connectivity index (χ0n) is 8.51. The van der Waals surface area contributed by atoms with Crippen LogP contribution in [0.3, 0.4) is 0 Å². The molecule has 0 fully saturated rings. The van der Waals surface area contributed by atoms with Crippen molar-refractivity contribution in [3.05, 3.63) is 42.7 Å². The second kappa shape index (κ2) is 3.34. The highest BCUT2D eigenvalue weighted by molar-refractivity contribution is 5.85. The van der Waals surface area contributed by atoms with Gasteiger partial charge in [0, 0.05) is 17.1 Å². The van der Waals surface area contributed by atoms with Gasteiger partial charge in [0.15, 0.2) is 0 Å². The molecular weight excluding hydrogens is 200 g/mol. The normalized spacial score (nSPS) is 10.8. The predicted molar refractivity (Wildman–Crippen MR) is 63.7 cm³/mol. The number of rotatable bonds is 1. The van der Waals surface area contributed by atoms with Crippen molar-refractivity contribution in [2.45, 2.75) is 0 Å². The summed E-state index contributed by atoms with van der Waals surface area (Å²) in [4.78, 5) is 4.27. The molecule has 0 atom stereocenters. The molecule has 4 heteroatoms. The molecule has 0 aliphatic heterocycles. The van der Waals surface area contributed by atoms with E-state index in [2.05, 4.69) is 15.2 Å². The van der Waals surface area contributed by atoms with E-state index in [-0.39, 0.29) is 0 Å². The second-order valence-electron chi connectivity index (χ2n) is 3.61. The first-order valence-electron chi connectivity index (χ1n) is 4.98. The molecule has 2 heterocycles. The van der Waals surface area contributed by atoms with E-state index in [9.17, 15) is 0 Å². The standard InChI is InChI=1S/C12H10N4/c13-10-7-15-16-12(10)9-3-4-11-8(6-9)2-1-5-14-11/h1-7H,13H2,(H,15,16). The lowest BCUT2D eigenvalue weighted by Gasteiger charge is -2.01. The van der Waals surface area contributed by atoms with Crippen LogP contribution in [0.25, 0.3) is 22.2 Å². The van der Waals surface area contributed by atoms with Gasteiger partial charge in [-0.25, -0.2) is 0 Å². The number of nitrogen functional groups attached to an aromatic ring is 1. The van der Waals surface area contributed by atoms with Gasteiger partial charge in [-0.3, -0.25) is 10.1 Å². The molecule has 0 unspecified atom stereocenters. The number of hydrogen-bond donors (Lipinski definition) is 2. The van der Waals surface area contributed by atoms with E-state index in [0.29, 0.717) is 5.69 Å². The van der Waals surface area contributed by atoms with Crippen LogP contribution in [0.1, 0.15) is 0 Å². The molecule has 0 saturated heterocycles. The number of benzene rings is 1. The minimum Gasteiger partial charge on any atom is -0.396 e. The van der Waals surface area contributed by atoms with E-state index in [1.165, 1.54) is 0 Å². The van der Waals surface area contributed by atoms with Gasteiger partial charge >= 0.3 is 0 Å². The maximum absolute atomic E-state index is 5.81. The molecule has 16 heavy (non-hydrogen) atoms. The summed E-state index contributed by atoms with van der Waals surface area (Å²) < 4.78 is 0. The van der Waals surface area contributed by atoms with Gasteiger partial charge in [0.1, 0.15) is 0 Å². The Morgan fingerprint density at radius 1 is 1.19 bits per heavy atom. The van der Waals surface area contributed by atoms with Crippen LogP contribution in [-0.4, -0.2) is 15.2 Å². The molecule has 3 rings (SSSR count). The first kappa shape index (κ1) is 8.91. The van der Waals surface area contributed by atoms with Gasteiger partial charge in [0.2, 0.25) is 0 Å². The predicted octanol–water partition coefficient (Wildman–Crippen LogP) is 2.21.